The van der Waals surface area contributed by atoms with Gasteiger partial charge in [0.1, 0.15) is 17.0 Å². The fourth-order valence-electron chi connectivity index (χ4n) is 5.76. The van der Waals surface area contributed by atoms with Crippen molar-refractivity contribution in [1.29, 1.82) is 0 Å². The Kier molecular flexibility index (Phi) is 6.80. The molecule has 33 heavy (non-hydrogen) atoms. The van der Waals surface area contributed by atoms with Crippen molar-refractivity contribution in [3.63, 3.8) is 0 Å². The van der Waals surface area contributed by atoms with Crippen LogP contribution in [0.25, 0.3) is 5.65 Å². The number of imidazole rings is 1. The van der Waals surface area contributed by atoms with Crippen LogP contribution in [0.15, 0.2) is 24.4 Å². The fraction of sp³-hybridized carbons (Fsp3) is 0.654. The van der Waals surface area contributed by atoms with Gasteiger partial charge in [0, 0.05) is 12.7 Å². The molecular weight excluding hydrogens is 416 g/mol. The van der Waals surface area contributed by atoms with E-state index >= 15 is 0 Å². The molecule has 7 heteroatoms. The molecule has 0 aromatic carbocycles. The molecule has 2 aliphatic rings. The molecule has 3 N–H and O–H groups in total. The quantitative estimate of drug-likeness (QED) is 0.539. The number of nitrogens with one attached hydrogen (secondary N) is 2. The van der Waals surface area contributed by atoms with Crippen LogP contribution in [-0.2, 0) is 0 Å². The summed E-state index contributed by atoms with van der Waals surface area (Å²) >= 11 is 0. The Bertz CT molecular complexity index is 1020. The topological polar surface area (TPSA) is 95.7 Å². The van der Waals surface area contributed by atoms with Crippen molar-refractivity contribution < 1.29 is 14.7 Å². The van der Waals surface area contributed by atoms with E-state index in [0.29, 0.717) is 17.9 Å². The Morgan fingerprint density at radius 3 is 2.70 bits per heavy atom. The SMILES string of the molecule is CCC1CC(CC)(CNC(=O)c2cccc3nc(C(=O)N[C@@H](CO)C(C)C)cn23)CC2CC12. The lowest BCUT2D eigenvalue weighted by Crippen LogP contribution is -2.41. The van der Waals surface area contributed by atoms with E-state index in [4.69, 9.17) is 0 Å². The van der Waals surface area contributed by atoms with Gasteiger partial charge in [-0.1, -0.05) is 40.2 Å². The molecule has 0 radical (unpaired) electrons. The molecule has 2 saturated carbocycles. The van der Waals surface area contributed by atoms with Gasteiger partial charge < -0.3 is 15.7 Å². The van der Waals surface area contributed by atoms with Gasteiger partial charge in [0.25, 0.3) is 11.8 Å². The minimum Gasteiger partial charge on any atom is -0.394 e. The predicted octanol–water partition coefficient (Wildman–Crippen LogP) is 3.66. The van der Waals surface area contributed by atoms with Gasteiger partial charge in [-0.25, -0.2) is 4.98 Å². The van der Waals surface area contributed by atoms with Gasteiger partial charge in [-0.3, -0.25) is 14.0 Å². The Morgan fingerprint density at radius 2 is 2.03 bits per heavy atom. The molecule has 2 aromatic rings. The molecule has 2 aromatic heterocycles. The van der Waals surface area contributed by atoms with Gasteiger partial charge in [-0.2, -0.15) is 0 Å². The monoisotopic (exact) mass is 454 g/mol. The number of carbonyl (C=O) groups is 2. The summed E-state index contributed by atoms with van der Waals surface area (Å²) in [5.74, 6) is 2.14. The Morgan fingerprint density at radius 1 is 1.24 bits per heavy atom. The maximum atomic E-state index is 13.2. The molecule has 0 saturated heterocycles. The fourth-order valence-corrected chi connectivity index (χ4v) is 5.76. The highest BCUT2D eigenvalue weighted by atomic mass is 16.3. The summed E-state index contributed by atoms with van der Waals surface area (Å²) in [4.78, 5) is 30.3. The average molecular weight is 455 g/mol. The van der Waals surface area contributed by atoms with Crippen molar-refractivity contribution in [3.05, 3.63) is 35.8 Å². The summed E-state index contributed by atoms with van der Waals surface area (Å²) in [5, 5.41) is 15.5. The number of fused-ring (bicyclic) bond motifs is 2. The minimum atomic E-state index is -0.352. The van der Waals surface area contributed by atoms with E-state index in [-0.39, 0.29) is 41.5 Å². The second-order valence-corrected chi connectivity index (χ2v) is 10.5. The third kappa shape index (κ3) is 4.79. The lowest BCUT2D eigenvalue weighted by Gasteiger charge is -2.40. The third-order valence-electron chi connectivity index (χ3n) is 8.15. The second kappa shape index (κ2) is 9.45. The third-order valence-corrected chi connectivity index (χ3v) is 8.15. The Balaban J connectivity index is 1.49. The number of aliphatic hydroxyl groups excluding tert-OH is 1. The molecule has 0 bridgehead atoms. The van der Waals surface area contributed by atoms with E-state index < -0.39 is 0 Å². The standard InChI is InChI=1S/C26H38N4O3/c1-5-17-11-26(6-2,12-18-10-19(17)18)15-27-25(33)22-8-7-9-23-28-20(13-30(22)23)24(32)29-21(14-31)16(3)4/h7-9,13,16-19,21,31H,5-6,10-12,14-15H2,1-4H3,(H,27,33)(H,29,32)/t17?,18?,19?,21-,26?/m0/s1. The zero-order chi connectivity index (χ0) is 23.8. The van der Waals surface area contributed by atoms with Crippen LogP contribution < -0.4 is 10.6 Å². The molecule has 4 rings (SSSR count). The molecule has 4 unspecified atom stereocenters. The first-order valence-electron chi connectivity index (χ1n) is 12.5. The van der Waals surface area contributed by atoms with Crippen molar-refractivity contribution in [2.24, 2.45) is 29.1 Å². The van der Waals surface area contributed by atoms with Crippen LogP contribution in [0.5, 0.6) is 0 Å². The van der Waals surface area contributed by atoms with Gasteiger partial charge >= 0.3 is 0 Å². The molecule has 7 nitrogen and oxygen atoms in total. The Hall–Kier alpha value is -2.41. The van der Waals surface area contributed by atoms with Gasteiger partial charge in [-0.15, -0.1) is 0 Å². The first kappa shape index (κ1) is 23.7. The van der Waals surface area contributed by atoms with Crippen LogP contribution in [0, 0.1) is 29.1 Å². The lowest BCUT2D eigenvalue weighted by atomic mass is 9.67. The minimum absolute atomic E-state index is 0.0984. The summed E-state index contributed by atoms with van der Waals surface area (Å²) in [6.45, 7) is 8.97. The average Bonchev–Trinajstić information content (AvgIpc) is 3.46. The predicted molar refractivity (Wildman–Crippen MR) is 128 cm³/mol. The van der Waals surface area contributed by atoms with Gasteiger partial charge in [0.15, 0.2) is 0 Å². The van der Waals surface area contributed by atoms with Crippen LogP contribution in [0.1, 0.15) is 80.8 Å². The molecule has 0 aliphatic heterocycles. The van der Waals surface area contributed by atoms with E-state index in [1.165, 1.54) is 25.7 Å². The molecule has 2 aliphatic carbocycles. The second-order valence-electron chi connectivity index (χ2n) is 10.5. The highest BCUT2D eigenvalue weighted by Crippen LogP contribution is 2.60. The van der Waals surface area contributed by atoms with E-state index in [2.05, 4.69) is 29.5 Å². The number of carbonyl (C=O) groups excluding carboxylic acids is 2. The summed E-state index contributed by atoms with van der Waals surface area (Å²) in [6, 6.07) is 5.00. The van der Waals surface area contributed by atoms with Gasteiger partial charge in [0.05, 0.1) is 12.6 Å². The first-order chi connectivity index (χ1) is 15.8. The number of hydrogen-bond acceptors (Lipinski definition) is 4. The molecule has 0 spiro atoms. The van der Waals surface area contributed by atoms with E-state index in [1.54, 1.807) is 28.8 Å². The van der Waals surface area contributed by atoms with Crippen LogP contribution in [0.2, 0.25) is 0 Å². The summed E-state index contributed by atoms with van der Waals surface area (Å²) in [7, 11) is 0. The highest BCUT2D eigenvalue weighted by Gasteiger charge is 2.52. The first-order valence-corrected chi connectivity index (χ1v) is 12.5. The number of hydrogen-bond donors (Lipinski definition) is 3. The van der Waals surface area contributed by atoms with Crippen molar-refractivity contribution >= 4 is 17.5 Å². The maximum absolute atomic E-state index is 13.2. The number of nitrogens with zero attached hydrogens (tertiary/aromatic N) is 2. The van der Waals surface area contributed by atoms with Crippen LogP contribution in [0.4, 0.5) is 0 Å². The number of aliphatic hydroxyl groups is 1. The summed E-state index contributed by atoms with van der Waals surface area (Å²) in [5.41, 5.74) is 1.43. The smallest absolute Gasteiger partial charge is 0.271 e. The van der Waals surface area contributed by atoms with Crippen molar-refractivity contribution in [3.8, 4) is 0 Å². The molecule has 2 amide bonds. The maximum Gasteiger partial charge on any atom is 0.271 e. The van der Waals surface area contributed by atoms with Crippen LogP contribution >= 0.6 is 0 Å². The van der Waals surface area contributed by atoms with Crippen molar-refractivity contribution in [1.82, 2.24) is 20.0 Å². The summed E-state index contributed by atoms with van der Waals surface area (Å²) < 4.78 is 1.68. The molecule has 5 atom stereocenters. The molecule has 2 fully saturated rings. The van der Waals surface area contributed by atoms with Crippen molar-refractivity contribution in [2.45, 2.75) is 65.8 Å². The molecular formula is C26H38N4O3. The Labute approximate surface area is 196 Å². The largest absolute Gasteiger partial charge is 0.394 e. The van der Waals surface area contributed by atoms with E-state index in [9.17, 15) is 14.7 Å². The number of rotatable bonds is 9. The van der Waals surface area contributed by atoms with E-state index in [0.717, 1.165) is 24.2 Å². The van der Waals surface area contributed by atoms with Gasteiger partial charge in [-0.05, 0) is 66.9 Å². The number of amides is 2. The van der Waals surface area contributed by atoms with Crippen molar-refractivity contribution in [2.75, 3.05) is 13.2 Å². The van der Waals surface area contributed by atoms with Gasteiger partial charge in [0.2, 0.25) is 0 Å². The lowest BCUT2D eigenvalue weighted by molar-refractivity contribution is 0.0844. The van der Waals surface area contributed by atoms with Crippen LogP contribution in [0.3, 0.4) is 0 Å². The number of pyridine rings is 1. The number of aromatic nitrogens is 2. The highest BCUT2D eigenvalue weighted by molar-refractivity contribution is 5.95. The van der Waals surface area contributed by atoms with E-state index in [1.807, 2.05) is 13.8 Å². The molecule has 180 valence electrons. The zero-order valence-corrected chi connectivity index (χ0v) is 20.3. The summed E-state index contributed by atoms with van der Waals surface area (Å²) in [6.07, 6.45) is 7.68. The van der Waals surface area contributed by atoms with Crippen LogP contribution in [-0.4, -0.2) is 45.5 Å². The molecule has 2 heterocycles. The normalized spacial score (nSPS) is 27.3. The zero-order valence-electron chi connectivity index (χ0n) is 20.3.